The van der Waals surface area contributed by atoms with E-state index in [0.29, 0.717) is 23.9 Å². The van der Waals surface area contributed by atoms with Gasteiger partial charge < -0.3 is 10.6 Å². The van der Waals surface area contributed by atoms with Crippen LogP contribution < -0.4 is 10.6 Å². The minimum Gasteiger partial charge on any atom is -0.356 e. The van der Waals surface area contributed by atoms with Gasteiger partial charge in [0.05, 0.1) is 10.6 Å². The zero-order chi connectivity index (χ0) is 18.8. The number of sulfone groups is 1. The summed E-state index contributed by atoms with van der Waals surface area (Å²) in [7, 11) is -1.63. The number of nitrogens with zero attached hydrogens (tertiary/aromatic N) is 1. The van der Waals surface area contributed by atoms with Crippen LogP contribution in [0.1, 0.15) is 0 Å². The van der Waals surface area contributed by atoms with Gasteiger partial charge in [0.25, 0.3) is 0 Å². The van der Waals surface area contributed by atoms with Gasteiger partial charge in [-0.1, -0.05) is 29.8 Å². The highest BCUT2D eigenvalue weighted by molar-refractivity contribution is 14.0. The van der Waals surface area contributed by atoms with Crippen LogP contribution in [0.25, 0.3) is 0 Å². The SMILES string of the molecule is CN=C(NCCSc1ccc(Cl)cc1)NCCS(=O)(=O)c1ccccc1.I. The van der Waals surface area contributed by atoms with Crippen LogP contribution in [0.3, 0.4) is 0 Å². The normalized spacial score (nSPS) is 11.6. The molecule has 0 saturated heterocycles. The lowest BCUT2D eigenvalue weighted by Gasteiger charge is -2.12. The van der Waals surface area contributed by atoms with E-state index in [4.69, 9.17) is 11.6 Å². The van der Waals surface area contributed by atoms with Crippen molar-refractivity contribution in [3.05, 3.63) is 59.6 Å². The second kappa shape index (κ2) is 12.5. The topological polar surface area (TPSA) is 70.6 Å². The summed E-state index contributed by atoms with van der Waals surface area (Å²) in [4.78, 5) is 5.59. The molecular formula is C18H23ClIN3O2S2. The first kappa shape index (κ1) is 24.1. The zero-order valence-corrected chi connectivity index (χ0v) is 19.6. The molecule has 0 heterocycles. The Morgan fingerprint density at radius 1 is 1.04 bits per heavy atom. The molecule has 0 bridgehead atoms. The number of thioether (sulfide) groups is 1. The van der Waals surface area contributed by atoms with E-state index >= 15 is 0 Å². The van der Waals surface area contributed by atoms with Crippen molar-refractivity contribution in [2.24, 2.45) is 4.99 Å². The standard InChI is InChI=1S/C18H22ClN3O2S2.HI/c1-20-18(21-11-13-25-16-9-7-15(19)8-10-16)22-12-14-26(23,24)17-5-3-2-4-6-17;/h2-10H,11-14H2,1H3,(H2,20,21,22);1H. The van der Waals surface area contributed by atoms with Gasteiger partial charge in [-0.2, -0.15) is 0 Å². The molecule has 0 aromatic heterocycles. The van der Waals surface area contributed by atoms with Crippen LogP contribution in [-0.4, -0.2) is 46.0 Å². The van der Waals surface area contributed by atoms with Gasteiger partial charge in [0.2, 0.25) is 0 Å². The first-order valence-electron chi connectivity index (χ1n) is 8.12. The molecule has 2 aromatic rings. The molecule has 0 amide bonds. The Bertz CT molecular complexity index is 816. The third kappa shape index (κ3) is 8.71. The lowest BCUT2D eigenvalue weighted by Crippen LogP contribution is -2.40. The van der Waals surface area contributed by atoms with Crippen molar-refractivity contribution in [3.63, 3.8) is 0 Å². The molecule has 0 saturated carbocycles. The van der Waals surface area contributed by atoms with E-state index in [1.165, 1.54) is 0 Å². The van der Waals surface area contributed by atoms with Gasteiger partial charge in [-0.25, -0.2) is 8.42 Å². The smallest absolute Gasteiger partial charge is 0.191 e. The van der Waals surface area contributed by atoms with Crippen molar-refractivity contribution >= 4 is 63.1 Å². The molecule has 0 aliphatic rings. The number of hydrogen-bond acceptors (Lipinski definition) is 4. The van der Waals surface area contributed by atoms with E-state index in [1.54, 1.807) is 49.1 Å². The molecule has 2 rings (SSSR count). The van der Waals surface area contributed by atoms with Gasteiger partial charge in [-0.15, -0.1) is 35.7 Å². The van der Waals surface area contributed by atoms with Gasteiger partial charge in [-0.05, 0) is 36.4 Å². The first-order valence-corrected chi connectivity index (χ1v) is 11.1. The van der Waals surface area contributed by atoms with Crippen molar-refractivity contribution in [3.8, 4) is 0 Å². The Hall–Kier alpha value is -0.970. The largest absolute Gasteiger partial charge is 0.356 e. The van der Waals surface area contributed by atoms with Crippen molar-refractivity contribution in [1.82, 2.24) is 10.6 Å². The van der Waals surface area contributed by atoms with Crippen LogP contribution >= 0.6 is 47.3 Å². The molecule has 27 heavy (non-hydrogen) atoms. The second-order valence-electron chi connectivity index (χ2n) is 5.36. The van der Waals surface area contributed by atoms with Crippen LogP contribution in [0.4, 0.5) is 0 Å². The van der Waals surface area contributed by atoms with E-state index in [2.05, 4.69) is 15.6 Å². The van der Waals surface area contributed by atoms with Gasteiger partial charge in [0.15, 0.2) is 15.8 Å². The highest BCUT2D eigenvalue weighted by Crippen LogP contribution is 2.19. The summed E-state index contributed by atoms with van der Waals surface area (Å²) in [5.74, 6) is 1.45. The lowest BCUT2D eigenvalue weighted by molar-refractivity contribution is 0.594. The van der Waals surface area contributed by atoms with Gasteiger partial charge in [-0.3, -0.25) is 4.99 Å². The summed E-state index contributed by atoms with van der Waals surface area (Å²) in [6.45, 7) is 1.000. The van der Waals surface area contributed by atoms with Crippen molar-refractivity contribution in [2.75, 3.05) is 31.6 Å². The molecule has 9 heteroatoms. The van der Waals surface area contributed by atoms with Crippen molar-refractivity contribution < 1.29 is 8.42 Å². The maximum absolute atomic E-state index is 12.2. The Kier molecular flexibility index (Phi) is 11.1. The predicted octanol–water partition coefficient (Wildman–Crippen LogP) is 3.69. The Morgan fingerprint density at radius 2 is 1.67 bits per heavy atom. The summed E-state index contributed by atoms with van der Waals surface area (Å²) >= 11 is 7.57. The maximum Gasteiger partial charge on any atom is 0.191 e. The van der Waals surface area contributed by atoms with Gasteiger partial charge in [0, 0.05) is 35.8 Å². The molecular weight excluding hydrogens is 517 g/mol. The number of benzene rings is 2. The molecule has 2 N–H and O–H groups in total. The molecule has 0 radical (unpaired) electrons. The Morgan fingerprint density at radius 3 is 2.30 bits per heavy atom. The molecule has 0 aliphatic carbocycles. The molecule has 0 spiro atoms. The van der Waals surface area contributed by atoms with E-state index in [-0.39, 0.29) is 29.7 Å². The minimum atomic E-state index is -3.29. The number of guanidine groups is 1. The first-order chi connectivity index (χ1) is 12.5. The lowest BCUT2D eigenvalue weighted by atomic mass is 10.4. The minimum absolute atomic E-state index is 0. The molecule has 2 aromatic carbocycles. The fourth-order valence-electron chi connectivity index (χ4n) is 2.14. The zero-order valence-electron chi connectivity index (χ0n) is 14.9. The van der Waals surface area contributed by atoms with Gasteiger partial charge >= 0.3 is 0 Å². The average Bonchev–Trinajstić information content (AvgIpc) is 2.65. The average molecular weight is 540 g/mol. The van der Waals surface area contributed by atoms with Crippen molar-refractivity contribution in [1.29, 1.82) is 0 Å². The number of halogens is 2. The Balaban J connectivity index is 0.00000364. The monoisotopic (exact) mass is 539 g/mol. The fourth-order valence-corrected chi connectivity index (χ4v) is 4.21. The van der Waals surface area contributed by atoms with Gasteiger partial charge in [0.1, 0.15) is 0 Å². The van der Waals surface area contributed by atoms with E-state index in [1.807, 2.05) is 24.3 Å². The highest BCUT2D eigenvalue weighted by Gasteiger charge is 2.13. The number of hydrogen-bond donors (Lipinski definition) is 2. The molecule has 0 aliphatic heterocycles. The summed E-state index contributed by atoms with van der Waals surface area (Å²) in [5, 5.41) is 6.93. The number of nitrogens with one attached hydrogen (secondary N) is 2. The molecule has 0 unspecified atom stereocenters. The number of rotatable bonds is 8. The second-order valence-corrected chi connectivity index (χ2v) is 9.07. The van der Waals surface area contributed by atoms with Crippen LogP contribution in [0, 0.1) is 0 Å². The summed E-state index contributed by atoms with van der Waals surface area (Å²) in [6.07, 6.45) is 0. The fraction of sp³-hybridized carbons (Fsp3) is 0.278. The summed E-state index contributed by atoms with van der Waals surface area (Å²) in [6, 6.07) is 16.1. The Labute approximate surface area is 187 Å². The molecule has 0 atom stereocenters. The molecule has 0 fully saturated rings. The summed E-state index contributed by atoms with van der Waals surface area (Å²) in [5.41, 5.74) is 0. The highest BCUT2D eigenvalue weighted by atomic mass is 127. The van der Waals surface area contributed by atoms with Crippen molar-refractivity contribution in [2.45, 2.75) is 9.79 Å². The van der Waals surface area contributed by atoms with Crippen LogP contribution in [0.5, 0.6) is 0 Å². The van der Waals surface area contributed by atoms with Crippen LogP contribution in [-0.2, 0) is 9.84 Å². The summed E-state index contributed by atoms with van der Waals surface area (Å²) < 4.78 is 24.5. The van der Waals surface area contributed by atoms with Crippen LogP contribution in [0.15, 0.2) is 69.4 Å². The maximum atomic E-state index is 12.2. The quantitative estimate of drug-likeness (QED) is 0.176. The number of aliphatic imine (C=N–C) groups is 1. The molecule has 5 nitrogen and oxygen atoms in total. The van der Waals surface area contributed by atoms with E-state index in [9.17, 15) is 8.42 Å². The van der Waals surface area contributed by atoms with E-state index < -0.39 is 9.84 Å². The molecule has 148 valence electrons. The third-order valence-electron chi connectivity index (χ3n) is 3.47. The third-order valence-corrected chi connectivity index (χ3v) is 6.46. The predicted molar refractivity (Wildman–Crippen MR) is 125 cm³/mol. The van der Waals surface area contributed by atoms with E-state index in [0.717, 1.165) is 15.7 Å². The van der Waals surface area contributed by atoms with Crippen LogP contribution in [0.2, 0.25) is 5.02 Å².